The summed E-state index contributed by atoms with van der Waals surface area (Å²) in [6.07, 6.45) is 2.62. The molecular formula is C19H21O3. The van der Waals surface area contributed by atoms with Crippen molar-refractivity contribution >= 4 is 5.78 Å². The predicted molar refractivity (Wildman–Crippen MR) is 87.3 cm³/mol. The molecule has 1 N–H and O–H groups in total. The van der Waals surface area contributed by atoms with Crippen molar-refractivity contribution in [3.8, 4) is 11.5 Å². The van der Waals surface area contributed by atoms with E-state index in [1.165, 1.54) is 6.07 Å². The van der Waals surface area contributed by atoms with Crippen LogP contribution in [0.15, 0.2) is 48.5 Å². The van der Waals surface area contributed by atoms with Crippen LogP contribution >= 0.6 is 0 Å². The molecule has 2 aromatic carbocycles. The van der Waals surface area contributed by atoms with Gasteiger partial charge in [-0.15, -0.1) is 0 Å². The topological polar surface area (TPSA) is 46.5 Å². The Bertz CT molecular complexity index is 620. The smallest absolute Gasteiger partial charge is 0.196 e. The Hall–Kier alpha value is -2.29. The standard InChI is InChI=1S/C19H21O3/c1-3-8-15(4-2)22-16-11-12-17(18(20)13-16)19(21)14-9-6-5-7-10-14/h5-7,9-13,15,20H,1,3-4,8H2,2H3. The first-order valence-corrected chi connectivity index (χ1v) is 7.54. The van der Waals surface area contributed by atoms with E-state index in [0.29, 0.717) is 11.3 Å². The highest BCUT2D eigenvalue weighted by molar-refractivity contribution is 6.10. The van der Waals surface area contributed by atoms with E-state index in [9.17, 15) is 9.90 Å². The summed E-state index contributed by atoms with van der Waals surface area (Å²) >= 11 is 0. The van der Waals surface area contributed by atoms with Gasteiger partial charge >= 0.3 is 0 Å². The molecule has 3 nitrogen and oxygen atoms in total. The number of aromatic hydroxyl groups is 1. The summed E-state index contributed by atoms with van der Waals surface area (Å²) in [5.41, 5.74) is 0.832. The summed E-state index contributed by atoms with van der Waals surface area (Å²) in [6, 6.07) is 13.7. The van der Waals surface area contributed by atoms with E-state index in [1.54, 1.807) is 36.4 Å². The zero-order chi connectivity index (χ0) is 15.9. The zero-order valence-electron chi connectivity index (χ0n) is 12.8. The Kier molecular flexibility index (Phi) is 5.59. The fourth-order valence-electron chi connectivity index (χ4n) is 2.29. The second-order valence-corrected chi connectivity index (χ2v) is 5.16. The maximum Gasteiger partial charge on any atom is 0.196 e. The number of ketones is 1. The van der Waals surface area contributed by atoms with Gasteiger partial charge in [-0.1, -0.05) is 44.2 Å². The van der Waals surface area contributed by atoms with Crippen LogP contribution in [-0.2, 0) is 0 Å². The lowest BCUT2D eigenvalue weighted by atomic mass is 10.0. The Balaban J connectivity index is 2.18. The molecule has 0 bridgehead atoms. The van der Waals surface area contributed by atoms with Crippen molar-refractivity contribution < 1.29 is 14.6 Å². The molecule has 3 heteroatoms. The van der Waals surface area contributed by atoms with Gasteiger partial charge in [-0.25, -0.2) is 0 Å². The van der Waals surface area contributed by atoms with Crippen LogP contribution in [0, 0.1) is 6.92 Å². The fraction of sp³-hybridized carbons (Fsp3) is 0.263. The van der Waals surface area contributed by atoms with Crippen molar-refractivity contribution in [2.75, 3.05) is 0 Å². The van der Waals surface area contributed by atoms with Gasteiger partial charge in [0.25, 0.3) is 0 Å². The molecular weight excluding hydrogens is 276 g/mol. The Labute approximate surface area is 131 Å². The lowest BCUT2D eigenvalue weighted by Gasteiger charge is -2.17. The van der Waals surface area contributed by atoms with E-state index in [1.807, 2.05) is 13.0 Å². The first-order valence-electron chi connectivity index (χ1n) is 7.54. The van der Waals surface area contributed by atoms with Crippen LogP contribution < -0.4 is 4.74 Å². The van der Waals surface area contributed by atoms with Crippen LogP contribution in [0.1, 0.15) is 42.1 Å². The Morgan fingerprint density at radius 3 is 2.55 bits per heavy atom. The Morgan fingerprint density at radius 2 is 1.95 bits per heavy atom. The minimum absolute atomic E-state index is 0.0594. The van der Waals surface area contributed by atoms with Gasteiger partial charge in [0, 0.05) is 11.6 Å². The van der Waals surface area contributed by atoms with Crippen molar-refractivity contribution in [3.63, 3.8) is 0 Å². The van der Waals surface area contributed by atoms with Crippen molar-refractivity contribution in [2.24, 2.45) is 0 Å². The number of ether oxygens (including phenoxy) is 1. The fourth-order valence-corrected chi connectivity index (χ4v) is 2.29. The van der Waals surface area contributed by atoms with Crippen LogP contribution in [0.5, 0.6) is 11.5 Å². The SMILES string of the molecule is [CH2]CCC(CC)Oc1ccc(C(=O)c2ccccc2)c(O)c1. The number of rotatable bonds is 7. The van der Waals surface area contributed by atoms with Crippen LogP contribution in [0.2, 0.25) is 0 Å². The van der Waals surface area contributed by atoms with Crippen molar-refractivity contribution in [2.45, 2.75) is 32.3 Å². The lowest BCUT2D eigenvalue weighted by molar-refractivity contribution is 0.103. The van der Waals surface area contributed by atoms with Crippen molar-refractivity contribution in [3.05, 3.63) is 66.6 Å². The molecule has 0 aliphatic rings. The molecule has 0 aliphatic heterocycles. The third-order valence-electron chi connectivity index (χ3n) is 3.53. The normalized spacial score (nSPS) is 11.9. The third kappa shape index (κ3) is 3.88. The number of carbonyl (C=O) groups excluding carboxylic acids is 1. The number of hydrogen-bond acceptors (Lipinski definition) is 3. The zero-order valence-corrected chi connectivity index (χ0v) is 12.8. The molecule has 0 heterocycles. The van der Waals surface area contributed by atoms with Gasteiger partial charge < -0.3 is 9.84 Å². The highest BCUT2D eigenvalue weighted by atomic mass is 16.5. The lowest BCUT2D eigenvalue weighted by Crippen LogP contribution is -2.14. The molecule has 2 rings (SSSR count). The summed E-state index contributed by atoms with van der Waals surface area (Å²) in [7, 11) is 0. The summed E-state index contributed by atoms with van der Waals surface area (Å²) in [5, 5.41) is 10.1. The number of carbonyl (C=O) groups is 1. The maximum atomic E-state index is 12.4. The van der Waals surface area contributed by atoms with Crippen LogP contribution in [0.3, 0.4) is 0 Å². The molecule has 0 aromatic heterocycles. The third-order valence-corrected chi connectivity index (χ3v) is 3.53. The molecule has 22 heavy (non-hydrogen) atoms. The minimum Gasteiger partial charge on any atom is -0.507 e. The number of hydrogen-bond donors (Lipinski definition) is 1. The Morgan fingerprint density at radius 1 is 1.23 bits per heavy atom. The maximum absolute atomic E-state index is 12.4. The van der Waals surface area contributed by atoms with Crippen molar-refractivity contribution in [1.29, 1.82) is 0 Å². The van der Waals surface area contributed by atoms with Gasteiger partial charge in [0.05, 0.1) is 11.7 Å². The molecule has 2 aromatic rings. The van der Waals surface area contributed by atoms with Gasteiger partial charge in [0.1, 0.15) is 11.5 Å². The number of phenols is 1. The van der Waals surface area contributed by atoms with Gasteiger partial charge in [-0.05, 0) is 31.4 Å². The van der Waals surface area contributed by atoms with Crippen LogP contribution in [-0.4, -0.2) is 17.0 Å². The predicted octanol–water partition coefficient (Wildman–Crippen LogP) is 4.39. The van der Waals surface area contributed by atoms with E-state index >= 15 is 0 Å². The first kappa shape index (κ1) is 16.1. The summed E-state index contributed by atoms with van der Waals surface area (Å²) in [6.45, 7) is 5.88. The minimum atomic E-state index is -0.200. The van der Waals surface area contributed by atoms with E-state index in [-0.39, 0.29) is 23.2 Å². The molecule has 0 saturated heterocycles. The molecule has 0 amide bonds. The summed E-state index contributed by atoms with van der Waals surface area (Å²) in [5.74, 6) is 0.313. The second-order valence-electron chi connectivity index (χ2n) is 5.16. The summed E-state index contributed by atoms with van der Waals surface area (Å²) in [4.78, 5) is 12.4. The number of phenolic OH excluding ortho intramolecular Hbond substituents is 1. The van der Waals surface area contributed by atoms with Crippen LogP contribution in [0.25, 0.3) is 0 Å². The highest BCUT2D eigenvalue weighted by Gasteiger charge is 2.15. The van der Waals surface area contributed by atoms with E-state index in [2.05, 4.69) is 6.92 Å². The molecule has 1 radical (unpaired) electrons. The van der Waals surface area contributed by atoms with Crippen molar-refractivity contribution in [1.82, 2.24) is 0 Å². The van der Waals surface area contributed by atoms with E-state index < -0.39 is 0 Å². The summed E-state index contributed by atoms with van der Waals surface area (Å²) < 4.78 is 5.81. The average molecular weight is 297 g/mol. The average Bonchev–Trinajstić information content (AvgIpc) is 2.55. The van der Waals surface area contributed by atoms with E-state index in [4.69, 9.17) is 4.74 Å². The van der Waals surface area contributed by atoms with Gasteiger partial charge in [0.15, 0.2) is 5.78 Å². The number of benzene rings is 2. The quantitative estimate of drug-likeness (QED) is 0.771. The molecule has 0 saturated carbocycles. The molecule has 0 spiro atoms. The molecule has 1 unspecified atom stereocenters. The molecule has 0 fully saturated rings. The largest absolute Gasteiger partial charge is 0.507 e. The molecule has 115 valence electrons. The monoisotopic (exact) mass is 297 g/mol. The molecule has 0 aliphatic carbocycles. The van der Waals surface area contributed by atoms with Gasteiger partial charge in [-0.2, -0.15) is 0 Å². The van der Waals surface area contributed by atoms with E-state index in [0.717, 1.165) is 19.3 Å². The first-order chi connectivity index (χ1) is 10.7. The molecule has 1 atom stereocenters. The van der Waals surface area contributed by atoms with Gasteiger partial charge in [-0.3, -0.25) is 4.79 Å². The highest BCUT2D eigenvalue weighted by Crippen LogP contribution is 2.27. The second kappa shape index (κ2) is 7.64. The van der Waals surface area contributed by atoms with Crippen LogP contribution in [0.4, 0.5) is 0 Å². The van der Waals surface area contributed by atoms with Gasteiger partial charge in [0.2, 0.25) is 0 Å².